The molecule has 0 saturated carbocycles. The first-order chi connectivity index (χ1) is 12.4. The molecule has 1 aromatic carbocycles. The van der Waals surface area contributed by atoms with Gasteiger partial charge in [-0.2, -0.15) is 10.1 Å². The third-order valence-corrected chi connectivity index (χ3v) is 5.23. The number of anilines is 2. The second kappa shape index (κ2) is 7.94. The summed E-state index contributed by atoms with van der Waals surface area (Å²) in [4.78, 5) is 9.04. The van der Waals surface area contributed by atoms with E-state index in [9.17, 15) is 8.42 Å². The van der Waals surface area contributed by atoms with Gasteiger partial charge >= 0.3 is 0 Å². The third kappa shape index (κ3) is 4.87. The first-order valence-electron chi connectivity index (χ1n) is 8.41. The molecule has 26 heavy (non-hydrogen) atoms. The molecule has 0 spiro atoms. The fourth-order valence-corrected chi connectivity index (χ4v) is 3.22. The highest BCUT2D eigenvalue weighted by molar-refractivity contribution is 7.89. The van der Waals surface area contributed by atoms with Crippen LogP contribution in [0.25, 0.3) is 0 Å². The number of aromatic nitrogens is 3. The number of nitrogens with two attached hydrogens (primary N) is 1. The smallest absolute Gasteiger partial charge is 0.247 e. The Morgan fingerprint density at radius 3 is 2.50 bits per heavy atom. The Kier molecular flexibility index (Phi) is 5.64. The van der Waals surface area contributed by atoms with Crippen molar-refractivity contribution in [2.45, 2.75) is 11.3 Å². The van der Waals surface area contributed by atoms with Crippen molar-refractivity contribution < 1.29 is 8.42 Å². The van der Waals surface area contributed by atoms with Gasteiger partial charge in [-0.15, -0.1) is 5.10 Å². The minimum Gasteiger partial charge on any atom is -0.368 e. The van der Waals surface area contributed by atoms with E-state index < -0.39 is 10.0 Å². The molecule has 1 fully saturated rings. The van der Waals surface area contributed by atoms with Crippen LogP contribution in [0.4, 0.5) is 11.8 Å². The van der Waals surface area contributed by atoms with Gasteiger partial charge in [-0.3, -0.25) is 0 Å². The number of hydrogen-bond donors (Lipinski definition) is 2. The Balaban J connectivity index is 1.54. The van der Waals surface area contributed by atoms with Gasteiger partial charge < -0.3 is 15.1 Å². The van der Waals surface area contributed by atoms with Crippen molar-refractivity contribution in [1.29, 1.82) is 0 Å². The quantitative estimate of drug-likeness (QED) is 0.718. The summed E-state index contributed by atoms with van der Waals surface area (Å²) in [5.41, 5.74) is 1.01. The molecule has 1 saturated heterocycles. The molecule has 0 radical (unpaired) electrons. The first-order valence-corrected chi connectivity index (χ1v) is 9.95. The van der Waals surface area contributed by atoms with Crippen LogP contribution in [-0.2, 0) is 16.4 Å². The molecule has 140 valence electrons. The molecule has 2 heterocycles. The lowest BCUT2D eigenvalue weighted by Gasteiger charge is -2.32. The average molecular weight is 377 g/mol. The van der Waals surface area contributed by atoms with E-state index in [2.05, 4.69) is 37.3 Å². The Morgan fingerprint density at radius 2 is 1.85 bits per heavy atom. The summed E-state index contributed by atoms with van der Waals surface area (Å²) in [6, 6.07) is 6.55. The molecule has 0 amide bonds. The van der Waals surface area contributed by atoms with Crippen molar-refractivity contribution in [2.75, 3.05) is 50.0 Å². The predicted octanol–water partition coefficient (Wildman–Crippen LogP) is -0.0746. The van der Waals surface area contributed by atoms with Crippen molar-refractivity contribution in [2.24, 2.45) is 5.14 Å². The van der Waals surface area contributed by atoms with Crippen LogP contribution in [0.3, 0.4) is 0 Å². The zero-order valence-corrected chi connectivity index (χ0v) is 15.5. The maximum absolute atomic E-state index is 11.3. The van der Waals surface area contributed by atoms with Crippen molar-refractivity contribution >= 4 is 21.8 Å². The summed E-state index contributed by atoms with van der Waals surface area (Å²) in [5.74, 6) is 1.32. The molecule has 0 bridgehead atoms. The third-order valence-electron chi connectivity index (χ3n) is 4.31. The van der Waals surface area contributed by atoms with E-state index in [4.69, 9.17) is 5.14 Å². The molecule has 1 aromatic heterocycles. The summed E-state index contributed by atoms with van der Waals surface area (Å²) >= 11 is 0. The summed E-state index contributed by atoms with van der Waals surface area (Å²) in [6.45, 7) is 4.39. The molecule has 0 aliphatic carbocycles. The van der Waals surface area contributed by atoms with E-state index >= 15 is 0 Å². The van der Waals surface area contributed by atoms with Gasteiger partial charge in [0.05, 0.1) is 11.1 Å². The van der Waals surface area contributed by atoms with Gasteiger partial charge in [0.25, 0.3) is 0 Å². The van der Waals surface area contributed by atoms with Crippen molar-refractivity contribution in [1.82, 2.24) is 20.1 Å². The molecule has 10 heteroatoms. The number of piperazine rings is 1. The fraction of sp³-hybridized carbons (Fsp3) is 0.438. The van der Waals surface area contributed by atoms with Crippen LogP contribution in [0.15, 0.2) is 35.4 Å². The highest BCUT2D eigenvalue weighted by atomic mass is 32.2. The van der Waals surface area contributed by atoms with E-state index in [0.717, 1.165) is 38.2 Å². The Bertz CT molecular complexity index is 834. The van der Waals surface area contributed by atoms with Crippen LogP contribution in [0.1, 0.15) is 5.56 Å². The maximum atomic E-state index is 11.3. The maximum Gasteiger partial charge on any atom is 0.247 e. The Hall–Kier alpha value is -2.30. The molecule has 1 aliphatic rings. The number of likely N-dealkylation sites (N-methyl/N-ethyl adjacent to an activating group) is 1. The Morgan fingerprint density at radius 1 is 1.15 bits per heavy atom. The standard InChI is InChI=1S/C16H23N7O2S/c1-22-8-10-23(11-9-22)16-20-15(12-19-21-16)18-7-6-13-2-4-14(5-3-13)26(17,24)25/h2-5,12H,6-11H2,1H3,(H2,17,24,25)(H,18,20,21). The van der Waals surface area contributed by atoms with Gasteiger partial charge in [0, 0.05) is 32.7 Å². The predicted molar refractivity (Wildman–Crippen MR) is 99.5 cm³/mol. The lowest BCUT2D eigenvalue weighted by Crippen LogP contribution is -2.45. The van der Waals surface area contributed by atoms with Gasteiger partial charge in [-0.1, -0.05) is 12.1 Å². The molecular formula is C16H23N7O2S. The van der Waals surface area contributed by atoms with Crippen molar-refractivity contribution in [3.63, 3.8) is 0 Å². The highest BCUT2D eigenvalue weighted by Gasteiger charge is 2.17. The van der Waals surface area contributed by atoms with Gasteiger partial charge in [-0.25, -0.2) is 13.6 Å². The molecule has 1 aliphatic heterocycles. The normalized spacial score (nSPS) is 15.8. The number of sulfonamides is 1. The summed E-state index contributed by atoms with van der Waals surface area (Å²) in [5, 5.41) is 16.5. The fourth-order valence-electron chi connectivity index (χ4n) is 2.70. The summed E-state index contributed by atoms with van der Waals surface area (Å²) in [6.07, 6.45) is 2.32. The second-order valence-corrected chi connectivity index (χ2v) is 7.86. The van der Waals surface area contributed by atoms with Crippen LogP contribution in [-0.4, -0.2) is 68.3 Å². The van der Waals surface area contributed by atoms with Crippen LogP contribution >= 0.6 is 0 Å². The molecule has 0 atom stereocenters. The minimum absolute atomic E-state index is 0.117. The van der Waals surface area contributed by atoms with E-state index in [1.807, 2.05) is 0 Å². The van der Waals surface area contributed by atoms with Crippen LogP contribution in [0, 0.1) is 0 Å². The molecule has 2 aromatic rings. The lowest BCUT2D eigenvalue weighted by molar-refractivity contribution is 0.311. The van der Waals surface area contributed by atoms with Crippen LogP contribution in [0.2, 0.25) is 0 Å². The summed E-state index contributed by atoms with van der Waals surface area (Å²) < 4.78 is 22.5. The largest absolute Gasteiger partial charge is 0.368 e. The van der Waals surface area contributed by atoms with Crippen LogP contribution in [0.5, 0.6) is 0 Å². The molecule has 9 nitrogen and oxygen atoms in total. The number of nitrogens with one attached hydrogen (secondary N) is 1. The van der Waals surface area contributed by atoms with Crippen molar-refractivity contribution in [3.05, 3.63) is 36.0 Å². The lowest BCUT2D eigenvalue weighted by atomic mass is 10.1. The average Bonchev–Trinajstić information content (AvgIpc) is 2.62. The number of hydrogen-bond acceptors (Lipinski definition) is 8. The molecular weight excluding hydrogens is 354 g/mol. The number of primary sulfonamides is 1. The van der Waals surface area contributed by atoms with E-state index in [1.54, 1.807) is 18.3 Å². The molecule has 3 N–H and O–H groups in total. The van der Waals surface area contributed by atoms with Gasteiger partial charge in [0.1, 0.15) is 0 Å². The number of rotatable bonds is 6. The molecule has 3 rings (SSSR count). The van der Waals surface area contributed by atoms with Crippen LogP contribution < -0.4 is 15.4 Å². The van der Waals surface area contributed by atoms with Gasteiger partial charge in [0.2, 0.25) is 16.0 Å². The van der Waals surface area contributed by atoms with E-state index in [-0.39, 0.29) is 4.90 Å². The highest BCUT2D eigenvalue weighted by Crippen LogP contribution is 2.12. The number of benzene rings is 1. The van der Waals surface area contributed by atoms with Gasteiger partial charge in [0.15, 0.2) is 5.82 Å². The monoisotopic (exact) mass is 377 g/mol. The SMILES string of the molecule is CN1CCN(c2nncc(NCCc3ccc(S(N)(=O)=O)cc3)n2)CC1. The van der Waals surface area contributed by atoms with Gasteiger partial charge in [-0.05, 0) is 31.2 Å². The topological polar surface area (TPSA) is 117 Å². The second-order valence-electron chi connectivity index (χ2n) is 6.30. The summed E-state index contributed by atoms with van der Waals surface area (Å²) in [7, 11) is -1.55. The minimum atomic E-state index is -3.65. The van der Waals surface area contributed by atoms with Crippen molar-refractivity contribution in [3.8, 4) is 0 Å². The zero-order valence-electron chi connectivity index (χ0n) is 14.7. The van der Waals surface area contributed by atoms with E-state index in [1.165, 1.54) is 12.1 Å². The zero-order chi connectivity index (χ0) is 18.6. The number of nitrogens with zero attached hydrogens (tertiary/aromatic N) is 5. The Labute approximate surface area is 153 Å². The van der Waals surface area contributed by atoms with E-state index in [0.29, 0.717) is 18.3 Å². The molecule has 0 unspecified atom stereocenters. The first kappa shape index (κ1) is 18.5.